The number of aliphatic hydroxyl groups is 1. The molecule has 15 heavy (non-hydrogen) atoms. The number of hydrogen-bond acceptors (Lipinski definition) is 3. The van der Waals surface area contributed by atoms with Gasteiger partial charge in [0.05, 0.1) is 0 Å². The van der Waals surface area contributed by atoms with Gasteiger partial charge in [0.15, 0.2) is 0 Å². The first kappa shape index (κ1) is 10.9. The second-order valence-electron chi connectivity index (χ2n) is 3.55. The van der Waals surface area contributed by atoms with E-state index in [1.54, 1.807) is 22.7 Å². The van der Waals surface area contributed by atoms with Crippen LogP contribution in [-0.4, -0.2) is 5.11 Å². The van der Waals surface area contributed by atoms with Gasteiger partial charge in [-0.25, -0.2) is 0 Å². The molecule has 0 aliphatic carbocycles. The van der Waals surface area contributed by atoms with Crippen LogP contribution in [0, 0.1) is 6.92 Å². The lowest BCUT2D eigenvalue weighted by atomic mass is 10.1. The molecule has 0 bridgehead atoms. The second-order valence-corrected chi connectivity index (χ2v) is 5.87. The summed E-state index contributed by atoms with van der Waals surface area (Å²) < 4.78 is 0. The summed E-state index contributed by atoms with van der Waals surface area (Å²) in [5, 5.41) is 12.2. The van der Waals surface area contributed by atoms with Crippen LogP contribution >= 0.6 is 22.7 Å². The average molecular weight is 238 g/mol. The highest BCUT2D eigenvalue weighted by atomic mass is 32.1. The van der Waals surface area contributed by atoms with E-state index in [4.69, 9.17) is 0 Å². The van der Waals surface area contributed by atoms with Crippen LogP contribution < -0.4 is 0 Å². The molecule has 0 aliphatic rings. The first-order valence-electron chi connectivity index (χ1n) is 5.02. The minimum absolute atomic E-state index is 0.444. The third-order valence-corrected chi connectivity index (χ3v) is 4.53. The number of hydrogen-bond donors (Lipinski definition) is 1. The van der Waals surface area contributed by atoms with Crippen molar-refractivity contribution in [1.29, 1.82) is 0 Å². The largest absolute Gasteiger partial charge is 0.383 e. The number of rotatable bonds is 3. The van der Waals surface area contributed by atoms with Crippen molar-refractivity contribution >= 4 is 22.7 Å². The summed E-state index contributed by atoms with van der Waals surface area (Å²) in [7, 11) is 0. The van der Waals surface area contributed by atoms with Gasteiger partial charge in [0.2, 0.25) is 0 Å². The van der Waals surface area contributed by atoms with Crippen LogP contribution in [0.15, 0.2) is 23.6 Å². The quantitative estimate of drug-likeness (QED) is 0.863. The van der Waals surface area contributed by atoms with E-state index in [2.05, 4.69) is 26.0 Å². The maximum atomic E-state index is 10.1. The maximum absolute atomic E-state index is 10.1. The molecule has 0 aliphatic heterocycles. The minimum atomic E-state index is -0.444. The molecular weight excluding hydrogens is 224 g/mol. The SMILES string of the molecule is CCc1ccc(C(O)c2csc(C)c2)s1. The summed E-state index contributed by atoms with van der Waals surface area (Å²) in [6.45, 7) is 4.20. The maximum Gasteiger partial charge on any atom is 0.114 e. The van der Waals surface area contributed by atoms with Crippen molar-refractivity contribution in [3.63, 3.8) is 0 Å². The van der Waals surface area contributed by atoms with Gasteiger partial charge in [0.25, 0.3) is 0 Å². The molecule has 3 heteroatoms. The Morgan fingerprint density at radius 1 is 1.40 bits per heavy atom. The summed E-state index contributed by atoms with van der Waals surface area (Å²) in [5.41, 5.74) is 1.02. The van der Waals surface area contributed by atoms with Gasteiger partial charge >= 0.3 is 0 Å². The minimum Gasteiger partial charge on any atom is -0.383 e. The molecule has 1 unspecified atom stereocenters. The summed E-state index contributed by atoms with van der Waals surface area (Å²) in [6.07, 6.45) is 0.598. The van der Waals surface area contributed by atoms with Crippen molar-refractivity contribution in [1.82, 2.24) is 0 Å². The highest BCUT2D eigenvalue weighted by Gasteiger charge is 2.13. The Bertz CT molecular complexity index is 442. The van der Waals surface area contributed by atoms with Gasteiger partial charge in [-0.05, 0) is 42.5 Å². The smallest absolute Gasteiger partial charge is 0.114 e. The highest BCUT2D eigenvalue weighted by molar-refractivity contribution is 7.12. The Morgan fingerprint density at radius 2 is 2.20 bits per heavy atom. The van der Waals surface area contributed by atoms with Crippen LogP contribution in [0.4, 0.5) is 0 Å². The third kappa shape index (κ3) is 2.30. The van der Waals surface area contributed by atoms with E-state index in [9.17, 15) is 5.11 Å². The molecule has 0 aromatic carbocycles. The standard InChI is InChI=1S/C12H14OS2/c1-3-10-4-5-11(15-10)12(13)9-6-8(2)14-7-9/h4-7,12-13H,3H2,1-2H3. The van der Waals surface area contributed by atoms with Gasteiger partial charge in [-0.1, -0.05) is 6.92 Å². The zero-order valence-corrected chi connectivity index (χ0v) is 10.5. The molecular formula is C12H14OS2. The summed E-state index contributed by atoms with van der Waals surface area (Å²) >= 11 is 3.38. The van der Waals surface area contributed by atoms with E-state index in [1.165, 1.54) is 9.75 Å². The van der Waals surface area contributed by atoms with Gasteiger partial charge in [-0.2, -0.15) is 0 Å². The Balaban J connectivity index is 2.23. The van der Waals surface area contributed by atoms with Gasteiger partial charge in [-0.15, -0.1) is 22.7 Å². The molecule has 0 amide bonds. The predicted octanol–water partition coefficient (Wildman–Crippen LogP) is 3.76. The molecule has 0 saturated carbocycles. The van der Waals surface area contributed by atoms with Crippen LogP contribution in [0.5, 0.6) is 0 Å². The van der Waals surface area contributed by atoms with Crippen LogP contribution in [0.1, 0.15) is 33.2 Å². The summed E-state index contributed by atoms with van der Waals surface area (Å²) in [4.78, 5) is 3.62. The Hall–Kier alpha value is -0.640. The lowest BCUT2D eigenvalue weighted by Gasteiger charge is -2.05. The topological polar surface area (TPSA) is 20.2 Å². The van der Waals surface area contributed by atoms with Crippen molar-refractivity contribution in [2.24, 2.45) is 0 Å². The molecule has 0 radical (unpaired) electrons. The van der Waals surface area contributed by atoms with E-state index >= 15 is 0 Å². The van der Waals surface area contributed by atoms with Crippen LogP contribution in [0.3, 0.4) is 0 Å². The molecule has 2 rings (SSSR count). The fourth-order valence-electron chi connectivity index (χ4n) is 1.50. The number of thiophene rings is 2. The Labute approximate surface area is 98.0 Å². The molecule has 2 aromatic rings. The van der Waals surface area contributed by atoms with Crippen molar-refractivity contribution < 1.29 is 5.11 Å². The van der Waals surface area contributed by atoms with E-state index in [1.807, 2.05) is 11.4 Å². The average Bonchev–Trinajstić information content (AvgIpc) is 2.84. The predicted molar refractivity (Wildman–Crippen MR) is 66.8 cm³/mol. The normalized spacial score (nSPS) is 13.0. The molecule has 1 nitrogen and oxygen atoms in total. The molecule has 0 saturated heterocycles. The molecule has 2 heterocycles. The van der Waals surface area contributed by atoms with E-state index in [-0.39, 0.29) is 0 Å². The Kier molecular flexibility index (Phi) is 3.24. The molecule has 2 aromatic heterocycles. The first-order valence-corrected chi connectivity index (χ1v) is 6.72. The van der Waals surface area contributed by atoms with Gasteiger partial charge in [0.1, 0.15) is 6.10 Å². The van der Waals surface area contributed by atoms with Crippen molar-refractivity contribution in [3.8, 4) is 0 Å². The van der Waals surface area contributed by atoms with Gasteiger partial charge < -0.3 is 5.11 Å². The molecule has 1 atom stereocenters. The van der Waals surface area contributed by atoms with Gasteiger partial charge in [0, 0.05) is 14.6 Å². The van der Waals surface area contributed by atoms with Crippen LogP contribution in [-0.2, 0) is 6.42 Å². The van der Waals surface area contributed by atoms with Gasteiger partial charge in [-0.3, -0.25) is 0 Å². The third-order valence-electron chi connectivity index (χ3n) is 2.37. The lowest BCUT2D eigenvalue weighted by molar-refractivity contribution is 0.224. The first-order chi connectivity index (χ1) is 7.20. The van der Waals surface area contributed by atoms with Crippen LogP contribution in [0.25, 0.3) is 0 Å². The zero-order chi connectivity index (χ0) is 10.8. The molecule has 80 valence electrons. The fourth-order valence-corrected chi connectivity index (χ4v) is 3.19. The summed E-state index contributed by atoms with van der Waals surface area (Å²) in [6, 6.07) is 6.18. The van der Waals surface area contributed by atoms with Crippen LogP contribution in [0.2, 0.25) is 0 Å². The molecule has 1 N–H and O–H groups in total. The molecule has 0 fully saturated rings. The summed E-state index contributed by atoms with van der Waals surface area (Å²) in [5.74, 6) is 0. The lowest BCUT2D eigenvalue weighted by Crippen LogP contribution is -1.93. The highest BCUT2D eigenvalue weighted by Crippen LogP contribution is 2.30. The van der Waals surface area contributed by atoms with E-state index in [0.29, 0.717) is 0 Å². The number of aliphatic hydroxyl groups excluding tert-OH is 1. The van der Waals surface area contributed by atoms with E-state index in [0.717, 1.165) is 16.9 Å². The number of aryl methyl sites for hydroxylation is 2. The van der Waals surface area contributed by atoms with E-state index < -0.39 is 6.10 Å². The zero-order valence-electron chi connectivity index (χ0n) is 8.86. The van der Waals surface area contributed by atoms with Crippen molar-refractivity contribution in [2.45, 2.75) is 26.4 Å². The Morgan fingerprint density at radius 3 is 2.73 bits per heavy atom. The fraction of sp³-hybridized carbons (Fsp3) is 0.333. The van der Waals surface area contributed by atoms with Crippen molar-refractivity contribution in [2.75, 3.05) is 0 Å². The monoisotopic (exact) mass is 238 g/mol. The second kappa shape index (κ2) is 4.47. The molecule has 0 spiro atoms. The van der Waals surface area contributed by atoms with Crippen molar-refractivity contribution in [3.05, 3.63) is 43.8 Å².